The third-order valence-electron chi connectivity index (χ3n) is 4.55. The summed E-state index contributed by atoms with van der Waals surface area (Å²) in [4.78, 5) is 25.5. The SMILES string of the molecule is O=C(CC1Sc2ccccc2NC1=O)NC1CCCCCCC1. The Balaban J connectivity index is 1.54. The largest absolute Gasteiger partial charge is 0.353 e. The number of thioether (sulfide) groups is 1. The molecule has 124 valence electrons. The molecule has 0 aromatic heterocycles. The van der Waals surface area contributed by atoms with Gasteiger partial charge < -0.3 is 10.6 Å². The van der Waals surface area contributed by atoms with E-state index in [2.05, 4.69) is 10.6 Å². The fraction of sp³-hybridized carbons (Fsp3) is 0.556. The lowest BCUT2D eigenvalue weighted by atomic mass is 9.96. The van der Waals surface area contributed by atoms with Gasteiger partial charge in [0.1, 0.15) is 0 Å². The van der Waals surface area contributed by atoms with Gasteiger partial charge in [-0.15, -0.1) is 11.8 Å². The molecule has 0 saturated heterocycles. The molecule has 1 unspecified atom stereocenters. The smallest absolute Gasteiger partial charge is 0.238 e. The van der Waals surface area contributed by atoms with Crippen molar-refractivity contribution in [1.82, 2.24) is 5.32 Å². The number of benzene rings is 1. The number of hydrogen-bond donors (Lipinski definition) is 2. The first-order valence-electron chi connectivity index (χ1n) is 8.58. The van der Waals surface area contributed by atoms with Crippen LogP contribution in [0.1, 0.15) is 51.4 Å². The number of anilines is 1. The van der Waals surface area contributed by atoms with Crippen LogP contribution < -0.4 is 10.6 Å². The molecular weight excluding hydrogens is 308 g/mol. The summed E-state index contributed by atoms with van der Waals surface area (Å²) in [5.74, 6) is -0.0656. The Labute approximate surface area is 141 Å². The summed E-state index contributed by atoms with van der Waals surface area (Å²) < 4.78 is 0. The highest BCUT2D eigenvalue weighted by molar-refractivity contribution is 8.01. The number of para-hydroxylation sites is 1. The molecule has 0 spiro atoms. The quantitative estimate of drug-likeness (QED) is 0.887. The molecule has 1 atom stereocenters. The molecule has 2 N–H and O–H groups in total. The Bertz CT molecular complexity index is 568. The summed E-state index contributed by atoms with van der Waals surface area (Å²) in [6.07, 6.45) is 8.62. The van der Waals surface area contributed by atoms with E-state index in [4.69, 9.17) is 0 Å². The molecule has 1 aromatic carbocycles. The van der Waals surface area contributed by atoms with E-state index in [1.807, 2.05) is 24.3 Å². The predicted molar refractivity (Wildman–Crippen MR) is 93.6 cm³/mol. The van der Waals surface area contributed by atoms with E-state index in [1.165, 1.54) is 43.9 Å². The van der Waals surface area contributed by atoms with Gasteiger partial charge in [-0.1, -0.05) is 44.2 Å². The molecule has 2 aliphatic rings. The zero-order valence-electron chi connectivity index (χ0n) is 13.3. The second kappa shape index (κ2) is 7.86. The van der Waals surface area contributed by atoms with Gasteiger partial charge in [0.25, 0.3) is 0 Å². The number of amides is 2. The van der Waals surface area contributed by atoms with Crippen molar-refractivity contribution in [2.75, 3.05) is 5.32 Å². The van der Waals surface area contributed by atoms with E-state index in [-0.39, 0.29) is 29.5 Å². The second-order valence-electron chi connectivity index (χ2n) is 6.41. The van der Waals surface area contributed by atoms with E-state index in [1.54, 1.807) is 0 Å². The van der Waals surface area contributed by atoms with Crippen molar-refractivity contribution in [3.63, 3.8) is 0 Å². The van der Waals surface area contributed by atoms with Crippen LogP contribution in [0.15, 0.2) is 29.2 Å². The van der Waals surface area contributed by atoms with Gasteiger partial charge in [0.15, 0.2) is 0 Å². The Morgan fingerprint density at radius 3 is 2.61 bits per heavy atom. The Hall–Kier alpha value is -1.49. The Morgan fingerprint density at radius 2 is 1.83 bits per heavy atom. The molecule has 1 aliphatic heterocycles. The number of carbonyl (C=O) groups is 2. The second-order valence-corrected chi connectivity index (χ2v) is 7.65. The van der Waals surface area contributed by atoms with Crippen LogP contribution in [0.25, 0.3) is 0 Å². The van der Waals surface area contributed by atoms with Crippen LogP contribution in [0, 0.1) is 0 Å². The molecule has 2 amide bonds. The van der Waals surface area contributed by atoms with Gasteiger partial charge in [-0.3, -0.25) is 9.59 Å². The predicted octanol–water partition coefficient (Wildman–Crippen LogP) is 3.72. The van der Waals surface area contributed by atoms with Crippen molar-refractivity contribution in [2.24, 2.45) is 0 Å². The maximum Gasteiger partial charge on any atom is 0.238 e. The summed E-state index contributed by atoms with van der Waals surface area (Å²) in [5, 5.41) is 5.71. The summed E-state index contributed by atoms with van der Waals surface area (Å²) in [5.41, 5.74) is 0.846. The molecule has 5 heteroatoms. The number of carbonyl (C=O) groups excluding carboxylic acids is 2. The standard InChI is InChI=1S/C18H24N2O2S/c21-17(19-13-8-4-2-1-3-5-9-13)12-16-18(22)20-14-10-6-7-11-15(14)23-16/h6-7,10-11,13,16H,1-5,8-9,12H2,(H,19,21)(H,20,22). The van der Waals surface area contributed by atoms with Gasteiger partial charge in [-0.05, 0) is 25.0 Å². The molecule has 1 heterocycles. The fourth-order valence-electron chi connectivity index (χ4n) is 3.28. The van der Waals surface area contributed by atoms with Gasteiger partial charge in [0, 0.05) is 17.4 Å². The summed E-state index contributed by atoms with van der Waals surface area (Å²) in [6, 6.07) is 8.02. The van der Waals surface area contributed by atoms with E-state index in [9.17, 15) is 9.59 Å². The number of hydrogen-bond acceptors (Lipinski definition) is 3. The van der Waals surface area contributed by atoms with Crippen LogP contribution in [0.5, 0.6) is 0 Å². The normalized spacial score (nSPS) is 22.4. The Morgan fingerprint density at radius 1 is 1.13 bits per heavy atom. The van der Waals surface area contributed by atoms with Crippen molar-refractivity contribution in [1.29, 1.82) is 0 Å². The molecule has 1 aromatic rings. The Kier molecular flexibility index (Phi) is 5.60. The minimum atomic E-state index is -0.335. The first-order chi connectivity index (χ1) is 11.2. The molecular formula is C18H24N2O2S. The average Bonchev–Trinajstić information content (AvgIpc) is 2.50. The third kappa shape index (κ3) is 4.50. The lowest BCUT2D eigenvalue weighted by molar-refractivity contribution is -0.124. The molecule has 23 heavy (non-hydrogen) atoms. The molecule has 0 radical (unpaired) electrons. The molecule has 1 aliphatic carbocycles. The zero-order chi connectivity index (χ0) is 16.1. The molecule has 0 bridgehead atoms. The maximum atomic E-state index is 12.3. The number of rotatable bonds is 3. The third-order valence-corrected chi connectivity index (χ3v) is 5.82. The van der Waals surface area contributed by atoms with Gasteiger partial charge in [0.05, 0.1) is 10.9 Å². The maximum absolute atomic E-state index is 12.3. The molecule has 1 fully saturated rings. The van der Waals surface area contributed by atoms with Crippen LogP contribution in [-0.2, 0) is 9.59 Å². The van der Waals surface area contributed by atoms with Crippen LogP contribution in [0.3, 0.4) is 0 Å². The van der Waals surface area contributed by atoms with Crippen LogP contribution in [-0.4, -0.2) is 23.1 Å². The fourth-order valence-corrected chi connectivity index (χ4v) is 4.39. The van der Waals surface area contributed by atoms with Crippen molar-refractivity contribution in [2.45, 2.75) is 67.6 Å². The molecule has 4 nitrogen and oxygen atoms in total. The minimum Gasteiger partial charge on any atom is -0.353 e. The first-order valence-corrected chi connectivity index (χ1v) is 9.46. The van der Waals surface area contributed by atoms with Gasteiger partial charge in [-0.2, -0.15) is 0 Å². The van der Waals surface area contributed by atoms with E-state index < -0.39 is 0 Å². The summed E-state index contributed by atoms with van der Waals surface area (Å²) >= 11 is 1.49. The van der Waals surface area contributed by atoms with Crippen molar-refractivity contribution < 1.29 is 9.59 Å². The first kappa shape index (κ1) is 16.4. The van der Waals surface area contributed by atoms with Crippen molar-refractivity contribution >= 4 is 29.3 Å². The highest BCUT2D eigenvalue weighted by Crippen LogP contribution is 2.36. The van der Waals surface area contributed by atoms with Gasteiger partial charge in [-0.25, -0.2) is 0 Å². The van der Waals surface area contributed by atoms with Gasteiger partial charge in [0.2, 0.25) is 11.8 Å². The molecule has 1 saturated carbocycles. The lowest BCUT2D eigenvalue weighted by Gasteiger charge is -2.25. The van der Waals surface area contributed by atoms with Crippen LogP contribution in [0.2, 0.25) is 0 Å². The number of fused-ring (bicyclic) bond motifs is 1. The minimum absolute atomic E-state index is 0.00241. The monoisotopic (exact) mass is 332 g/mol. The van der Waals surface area contributed by atoms with Crippen LogP contribution in [0.4, 0.5) is 5.69 Å². The molecule has 3 rings (SSSR count). The zero-order valence-corrected chi connectivity index (χ0v) is 14.2. The highest BCUT2D eigenvalue weighted by Gasteiger charge is 2.29. The summed E-state index contributed by atoms with van der Waals surface area (Å²) in [6.45, 7) is 0. The summed E-state index contributed by atoms with van der Waals surface area (Å²) in [7, 11) is 0. The van der Waals surface area contributed by atoms with Crippen molar-refractivity contribution in [3.05, 3.63) is 24.3 Å². The average molecular weight is 332 g/mol. The van der Waals surface area contributed by atoms with Crippen LogP contribution >= 0.6 is 11.8 Å². The van der Waals surface area contributed by atoms with Gasteiger partial charge >= 0.3 is 0 Å². The van der Waals surface area contributed by atoms with E-state index in [0.717, 1.165) is 23.4 Å². The highest BCUT2D eigenvalue weighted by atomic mass is 32.2. The number of nitrogens with one attached hydrogen (secondary N) is 2. The van der Waals surface area contributed by atoms with Crippen molar-refractivity contribution in [3.8, 4) is 0 Å². The topological polar surface area (TPSA) is 58.2 Å². The van der Waals surface area contributed by atoms with E-state index in [0.29, 0.717) is 0 Å². The lowest BCUT2D eigenvalue weighted by Crippen LogP contribution is -2.39. The van der Waals surface area contributed by atoms with E-state index >= 15 is 0 Å².